The van der Waals surface area contributed by atoms with Gasteiger partial charge in [0.1, 0.15) is 13.2 Å². The smallest absolute Gasteiger partial charge is 0.257 e. The van der Waals surface area contributed by atoms with Crippen LogP contribution in [-0.4, -0.2) is 47.6 Å². The van der Waals surface area contributed by atoms with Crippen molar-refractivity contribution < 1.29 is 14.3 Å². The summed E-state index contributed by atoms with van der Waals surface area (Å²) in [7, 11) is 1.77. The summed E-state index contributed by atoms with van der Waals surface area (Å²) in [6, 6.07) is 5.63. The SMILES string of the molecule is CCNc1ncc(C(=O)N(C)[C@@H](C)c2ccc3c(c2)OCCO3)cn1. The molecule has 1 aliphatic heterocycles. The van der Waals surface area contributed by atoms with Crippen molar-refractivity contribution in [1.82, 2.24) is 14.9 Å². The molecule has 1 N–H and O–H groups in total. The maximum Gasteiger partial charge on any atom is 0.257 e. The Morgan fingerprint density at radius 2 is 1.92 bits per heavy atom. The van der Waals surface area contributed by atoms with Gasteiger partial charge < -0.3 is 19.7 Å². The fourth-order valence-corrected chi connectivity index (χ4v) is 2.61. The highest BCUT2D eigenvalue weighted by molar-refractivity contribution is 5.93. The molecule has 7 heteroatoms. The number of aromatic nitrogens is 2. The van der Waals surface area contributed by atoms with Crippen LogP contribution in [0.3, 0.4) is 0 Å². The maximum atomic E-state index is 12.7. The lowest BCUT2D eigenvalue weighted by atomic mass is 10.1. The summed E-state index contributed by atoms with van der Waals surface area (Å²) >= 11 is 0. The number of ether oxygens (including phenoxy) is 2. The second-order valence-electron chi connectivity index (χ2n) is 5.82. The van der Waals surface area contributed by atoms with E-state index in [0.29, 0.717) is 24.7 Å². The van der Waals surface area contributed by atoms with Crippen LogP contribution in [0.1, 0.15) is 35.8 Å². The molecule has 0 radical (unpaired) electrons. The summed E-state index contributed by atoms with van der Waals surface area (Å²) in [5.41, 5.74) is 1.43. The largest absolute Gasteiger partial charge is 0.486 e. The average Bonchev–Trinajstić information content (AvgIpc) is 2.66. The number of carbonyl (C=O) groups excluding carboxylic acids is 1. The number of fused-ring (bicyclic) bond motifs is 1. The van der Waals surface area contributed by atoms with Gasteiger partial charge in [0.2, 0.25) is 5.95 Å². The summed E-state index contributed by atoms with van der Waals surface area (Å²) in [5.74, 6) is 1.84. The van der Waals surface area contributed by atoms with Gasteiger partial charge in [-0.05, 0) is 31.5 Å². The van der Waals surface area contributed by atoms with E-state index in [0.717, 1.165) is 23.6 Å². The van der Waals surface area contributed by atoms with Crippen LogP contribution in [0.25, 0.3) is 0 Å². The quantitative estimate of drug-likeness (QED) is 0.900. The molecule has 1 aliphatic rings. The van der Waals surface area contributed by atoms with E-state index >= 15 is 0 Å². The van der Waals surface area contributed by atoms with Gasteiger partial charge >= 0.3 is 0 Å². The number of amides is 1. The molecule has 1 aromatic heterocycles. The molecule has 2 aromatic rings. The summed E-state index contributed by atoms with van der Waals surface area (Å²) in [6.45, 7) is 5.76. The molecule has 1 atom stereocenters. The van der Waals surface area contributed by atoms with Crippen molar-refractivity contribution in [2.75, 3.05) is 32.1 Å². The summed E-state index contributed by atoms with van der Waals surface area (Å²) < 4.78 is 11.2. The molecule has 7 nitrogen and oxygen atoms in total. The molecular formula is C18H22N4O3. The third kappa shape index (κ3) is 3.65. The van der Waals surface area contributed by atoms with Crippen molar-refractivity contribution in [2.45, 2.75) is 19.9 Å². The number of carbonyl (C=O) groups is 1. The van der Waals surface area contributed by atoms with Gasteiger partial charge in [0, 0.05) is 26.0 Å². The molecule has 0 saturated heterocycles. The third-order valence-corrected chi connectivity index (χ3v) is 4.18. The number of rotatable bonds is 5. The van der Waals surface area contributed by atoms with Crippen LogP contribution in [0.15, 0.2) is 30.6 Å². The molecule has 2 heterocycles. The van der Waals surface area contributed by atoms with Crippen molar-refractivity contribution in [2.24, 2.45) is 0 Å². The minimum absolute atomic E-state index is 0.128. The Morgan fingerprint density at radius 3 is 2.60 bits per heavy atom. The zero-order valence-electron chi connectivity index (χ0n) is 14.7. The first kappa shape index (κ1) is 17.0. The van der Waals surface area contributed by atoms with E-state index in [2.05, 4.69) is 15.3 Å². The highest BCUT2D eigenvalue weighted by Crippen LogP contribution is 2.34. The van der Waals surface area contributed by atoms with Crippen LogP contribution in [0.5, 0.6) is 11.5 Å². The molecule has 0 unspecified atom stereocenters. The summed E-state index contributed by atoms with van der Waals surface area (Å²) in [4.78, 5) is 22.7. The number of hydrogen-bond donors (Lipinski definition) is 1. The summed E-state index contributed by atoms with van der Waals surface area (Å²) in [6.07, 6.45) is 3.08. The van der Waals surface area contributed by atoms with Gasteiger partial charge in [0.25, 0.3) is 5.91 Å². The molecule has 0 fully saturated rings. The number of nitrogens with zero attached hydrogens (tertiary/aromatic N) is 3. The van der Waals surface area contributed by atoms with Crippen LogP contribution in [0.2, 0.25) is 0 Å². The van der Waals surface area contributed by atoms with Gasteiger partial charge in [-0.25, -0.2) is 9.97 Å². The number of hydrogen-bond acceptors (Lipinski definition) is 6. The molecule has 1 amide bonds. The fourth-order valence-electron chi connectivity index (χ4n) is 2.61. The zero-order chi connectivity index (χ0) is 17.8. The van der Waals surface area contributed by atoms with Crippen molar-refractivity contribution >= 4 is 11.9 Å². The van der Waals surface area contributed by atoms with Crippen LogP contribution in [0, 0.1) is 0 Å². The maximum absolute atomic E-state index is 12.7. The molecule has 25 heavy (non-hydrogen) atoms. The Bertz CT molecular complexity index is 748. The molecule has 0 aliphatic carbocycles. The monoisotopic (exact) mass is 342 g/mol. The van der Waals surface area contributed by atoms with Gasteiger partial charge in [-0.15, -0.1) is 0 Å². The Balaban J connectivity index is 1.74. The van der Waals surface area contributed by atoms with Crippen LogP contribution < -0.4 is 14.8 Å². The predicted molar refractivity (Wildman–Crippen MR) is 94.1 cm³/mol. The lowest BCUT2D eigenvalue weighted by molar-refractivity contribution is 0.0741. The van der Waals surface area contributed by atoms with Crippen molar-refractivity contribution in [3.05, 3.63) is 41.7 Å². The lowest BCUT2D eigenvalue weighted by Crippen LogP contribution is -2.30. The molecular weight excluding hydrogens is 320 g/mol. The van der Waals surface area contributed by atoms with Crippen LogP contribution in [-0.2, 0) is 0 Å². The van der Waals surface area contributed by atoms with Crippen molar-refractivity contribution in [3.8, 4) is 11.5 Å². The van der Waals surface area contributed by atoms with Gasteiger partial charge in [-0.3, -0.25) is 4.79 Å². The first-order valence-corrected chi connectivity index (χ1v) is 8.32. The summed E-state index contributed by atoms with van der Waals surface area (Å²) in [5, 5.41) is 3.01. The second-order valence-corrected chi connectivity index (χ2v) is 5.82. The predicted octanol–water partition coefficient (Wildman–Crippen LogP) is 2.51. The molecule has 3 rings (SSSR count). The Labute approximate surface area is 147 Å². The Kier molecular flexibility index (Phi) is 5.02. The van der Waals surface area contributed by atoms with E-state index in [4.69, 9.17) is 9.47 Å². The first-order valence-electron chi connectivity index (χ1n) is 8.32. The minimum Gasteiger partial charge on any atom is -0.486 e. The van der Waals surface area contributed by atoms with E-state index in [1.807, 2.05) is 32.0 Å². The van der Waals surface area contributed by atoms with Gasteiger partial charge in [-0.2, -0.15) is 0 Å². The number of benzene rings is 1. The van der Waals surface area contributed by atoms with Crippen molar-refractivity contribution in [1.29, 1.82) is 0 Å². The van der Waals surface area contributed by atoms with E-state index < -0.39 is 0 Å². The molecule has 0 saturated carbocycles. The van der Waals surface area contributed by atoms with Crippen LogP contribution >= 0.6 is 0 Å². The second kappa shape index (κ2) is 7.38. The minimum atomic E-state index is -0.134. The van der Waals surface area contributed by atoms with E-state index in [1.54, 1.807) is 24.3 Å². The van der Waals surface area contributed by atoms with Crippen molar-refractivity contribution in [3.63, 3.8) is 0 Å². The van der Waals surface area contributed by atoms with E-state index in [-0.39, 0.29) is 11.9 Å². The Morgan fingerprint density at radius 1 is 1.24 bits per heavy atom. The molecule has 1 aromatic carbocycles. The topological polar surface area (TPSA) is 76.6 Å². The fraction of sp³-hybridized carbons (Fsp3) is 0.389. The standard InChI is InChI=1S/C18H22N4O3/c1-4-19-18-20-10-14(11-21-18)17(23)22(3)12(2)13-5-6-15-16(9-13)25-8-7-24-15/h5-6,9-12H,4,7-8H2,1-3H3,(H,19,20,21)/t12-/m0/s1. The van der Waals surface area contributed by atoms with Gasteiger partial charge in [0.15, 0.2) is 11.5 Å². The first-order chi connectivity index (χ1) is 12.1. The third-order valence-electron chi connectivity index (χ3n) is 4.18. The van der Waals surface area contributed by atoms with E-state index in [9.17, 15) is 4.79 Å². The number of nitrogens with one attached hydrogen (secondary N) is 1. The zero-order valence-corrected chi connectivity index (χ0v) is 14.7. The average molecular weight is 342 g/mol. The normalized spacial score (nSPS) is 13.9. The molecule has 132 valence electrons. The lowest BCUT2D eigenvalue weighted by Gasteiger charge is -2.27. The molecule has 0 spiro atoms. The highest BCUT2D eigenvalue weighted by atomic mass is 16.6. The highest BCUT2D eigenvalue weighted by Gasteiger charge is 2.21. The van der Waals surface area contributed by atoms with E-state index in [1.165, 1.54) is 0 Å². The van der Waals surface area contributed by atoms with Gasteiger partial charge in [-0.1, -0.05) is 6.07 Å². The van der Waals surface area contributed by atoms with Crippen LogP contribution in [0.4, 0.5) is 5.95 Å². The Hall–Kier alpha value is -2.83. The number of anilines is 1. The van der Waals surface area contributed by atoms with Gasteiger partial charge in [0.05, 0.1) is 11.6 Å². The molecule has 0 bridgehead atoms.